The number of benzene rings is 2. The van der Waals surface area contributed by atoms with Crippen molar-refractivity contribution in [2.45, 2.75) is 24.4 Å². The van der Waals surface area contributed by atoms with Crippen LogP contribution in [0, 0.1) is 0 Å². The highest BCUT2D eigenvalue weighted by molar-refractivity contribution is 5.89. The van der Waals surface area contributed by atoms with Crippen LogP contribution in [0.1, 0.15) is 11.7 Å². The van der Waals surface area contributed by atoms with Gasteiger partial charge in [-0.3, -0.25) is 4.79 Å². The molecule has 4 rings (SSSR count). The Kier molecular flexibility index (Phi) is 5.12. The highest BCUT2D eigenvalue weighted by Crippen LogP contribution is 2.43. The molecular weight excluding hydrogens is 396 g/mol. The van der Waals surface area contributed by atoms with Crippen molar-refractivity contribution >= 4 is 11.0 Å². The highest BCUT2D eigenvalue weighted by atomic mass is 16.5. The van der Waals surface area contributed by atoms with Gasteiger partial charge in [0.1, 0.15) is 52.8 Å². The molecule has 9 nitrogen and oxygen atoms in total. The van der Waals surface area contributed by atoms with Gasteiger partial charge in [-0.05, 0) is 24.3 Å². The zero-order valence-electron chi connectivity index (χ0n) is 15.8. The van der Waals surface area contributed by atoms with Gasteiger partial charge in [0.2, 0.25) is 0 Å². The lowest BCUT2D eigenvalue weighted by molar-refractivity contribution is -0.189. The first-order valence-corrected chi connectivity index (χ1v) is 9.14. The molecule has 0 spiro atoms. The van der Waals surface area contributed by atoms with Crippen molar-refractivity contribution in [3.8, 4) is 28.6 Å². The van der Waals surface area contributed by atoms with Gasteiger partial charge in [0, 0.05) is 17.7 Å². The van der Waals surface area contributed by atoms with E-state index in [9.17, 15) is 30.3 Å². The van der Waals surface area contributed by atoms with Crippen LogP contribution in [0.4, 0.5) is 0 Å². The summed E-state index contributed by atoms with van der Waals surface area (Å²) in [6, 6.07) is 8.34. The minimum atomic E-state index is -1.54. The molecule has 4 atom stereocenters. The summed E-state index contributed by atoms with van der Waals surface area (Å²) in [5.74, 6) is -0.137. The average molecular weight is 416 g/mol. The van der Waals surface area contributed by atoms with Crippen molar-refractivity contribution < 1.29 is 39.4 Å². The van der Waals surface area contributed by atoms with Crippen LogP contribution in [0.15, 0.2) is 45.6 Å². The Balaban J connectivity index is 1.99. The third-order valence-electron chi connectivity index (χ3n) is 5.14. The first-order chi connectivity index (χ1) is 14.3. The smallest absolute Gasteiger partial charge is 0.197 e. The van der Waals surface area contributed by atoms with Gasteiger partial charge in [0.15, 0.2) is 11.0 Å². The van der Waals surface area contributed by atoms with Crippen molar-refractivity contribution in [3.63, 3.8) is 0 Å². The summed E-state index contributed by atoms with van der Waals surface area (Å²) in [6.45, 7) is -0.268. The molecule has 0 saturated carbocycles. The molecule has 2 heterocycles. The van der Waals surface area contributed by atoms with E-state index >= 15 is 0 Å². The van der Waals surface area contributed by atoms with Gasteiger partial charge < -0.3 is 39.4 Å². The zero-order chi connectivity index (χ0) is 21.6. The Labute approximate surface area is 170 Å². The van der Waals surface area contributed by atoms with Crippen LogP contribution < -0.4 is 10.2 Å². The summed E-state index contributed by atoms with van der Waals surface area (Å²) >= 11 is 0. The Morgan fingerprint density at radius 2 is 1.73 bits per heavy atom. The maximum absolute atomic E-state index is 12.8. The number of aliphatic hydroxyl groups excluding tert-OH is 3. The van der Waals surface area contributed by atoms with Crippen LogP contribution in [0.5, 0.6) is 17.2 Å². The van der Waals surface area contributed by atoms with E-state index in [2.05, 4.69) is 0 Å². The van der Waals surface area contributed by atoms with Crippen molar-refractivity contribution in [2.24, 2.45) is 0 Å². The first kappa shape index (κ1) is 20.2. The fraction of sp³-hybridized carbons (Fsp3) is 0.286. The van der Waals surface area contributed by atoms with E-state index in [1.54, 1.807) is 12.1 Å². The molecule has 2 aromatic carbocycles. The van der Waals surface area contributed by atoms with Gasteiger partial charge in [-0.1, -0.05) is 0 Å². The minimum Gasteiger partial charge on any atom is -0.508 e. The van der Waals surface area contributed by atoms with Gasteiger partial charge in [-0.25, -0.2) is 0 Å². The molecular formula is C21H20O9. The quantitative estimate of drug-likeness (QED) is 0.422. The van der Waals surface area contributed by atoms with E-state index in [1.165, 1.54) is 31.4 Å². The molecule has 1 aliphatic heterocycles. The second-order valence-electron chi connectivity index (χ2n) is 7.04. The Morgan fingerprint density at radius 3 is 2.40 bits per heavy atom. The summed E-state index contributed by atoms with van der Waals surface area (Å²) in [6.07, 6.45) is -5.52. The van der Waals surface area contributed by atoms with E-state index in [-0.39, 0.29) is 46.1 Å². The van der Waals surface area contributed by atoms with Crippen molar-refractivity contribution in [1.82, 2.24) is 0 Å². The number of rotatable bonds is 3. The lowest BCUT2D eigenvalue weighted by atomic mass is 9.92. The molecule has 30 heavy (non-hydrogen) atoms. The maximum Gasteiger partial charge on any atom is 0.197 e. The van der Waals surface area contributed by atoms with Crippen molar-refractivity contribution in [2.75, 3.05) is 13.7 Å². The summed E-state index contributed by atoms with van der Waals surface area (Å²) in [5, 5.41) is 50.1. The van der Waals surface area contributed by atoms with Crippen LogP contribution in [-0.2, 0) is 4.74 Å². The number of phenolic OH excluding ortho intramolecular Hbond substituents is 2. The fourth-order valence-electron chi connectivity index (χ4n) is 3.58. The maximum atomic E-state index is 12.8. The number of hydrogen-bond acceptors (Lipinski definition) is 9. The third kappa shape index (κ3) is 3.27. The molecule has 1 fully saturated rings. The van der Waals surface area contributed by atoms with Crippen LogP contribution >= 0.6 is 0 Å². The second kappa shape index (κ2) is 7.62. The molecule has 0 bridgehead atoms. The number of fused-ring (bicyclic) bond motifs is 1. The van der Waals surface area contributed by atoms with Gasteiger partial charge in [-0.2, -0.15) is 0 Å². The predicted octanol–water partition coefficient (Wildman–Crippen LogP) is 1.03. The van der Waals surface area contributed by atoms with Gasteiger partial charge in [-0.15, -0.1) is 0 Å². The van der Waals surface area contributed by atoms with Gasteiger partial charge >= 0.3 is 0 Å². The van der Waals surface area contributed by atoms with E-state index in [4.69, 9.17) is 13.9 Å². The largest absolute Gasteiger partial charge is 0.508 e. The molecule has 5 N–H and O–H groups in total. The molecule has 0 amide bonds. The molecule has 9 heteroatoms. The normalized spacial score (nSPS) is 24.1. The zero-order valence-corrected chi connectivity index (χ0v) is 15.8. The number of ether oxygens (including phenoxy) is 2. The fourth-order valence-corrected chi connectivity index (χ4v) is 3.58. The first-order valence-electron chi connectivity index (χ1n) is 9.14. The van der Waals surface area contributed by atoms with E-state index in [0.29, 0.717) is 5.56 Å². The highest BCUT2D eigenvalue weighted by Gasteiger charge is 2.41. The Bertz CT molecular complexity index is 1140. The summed E-state index contributed by atoms with van der Waals surface area (Å²) in [7, 11) is 1.33. The lowest BCUT2D eigenvalue weighted by Gasteiger charge is -2.36. The monoisotopic (exact) mass is 416 g/mol. The summed E-state index contributed by atoms with van der Waals surface area (Å²) < 4.78 is 16.8. The van der Waals surface area contributed by atoms with Crippen molar-refractivity contribution in [3.05, 3.63) is 52.2 Å². The van der Waals surface area contributed by atoms with Crippen LogP contribution in [0.2, 0.25) is 0 Å². The number of phenols is 2. The number of methoxy groups -OCH3 is 1. The number of hydrogen-bond donors (Lipinski definition) is 5. The van der Waals surface area contributed by atoms with Crippen LogP contribution in [-0.4, -0.2) is 57.6 Å². The molecule has 4 unspecified atom stereocenters. The molecule has 1 aliphatic rings. The SMILES string of the molecule is COc1cc(O)c2c(=O)cc(-c3ccc(O)cc3)oc2c1C1OCC(O)C(O)C1O. The minimum absolute atomic E-state index is 0.0353. The lowest BCUT2D eigenvalue weighted by Crippen LogP contribution is -2.49. The molecule has 1 saturated heterocycles. The standard InChI is InChI=1S/C21H20O9/c1-28-15-7-12(24)16-11(23)6-14(9-2-4-10(22)5-3-9)30-20(16)17(15)21-19(27)18(26)13(25)8-29-21/h2-7,13,18-19,21-22,24-27H,8H2,1H3. The number of aromatic hydroxyl groups is 2. The predicted molar refractivity (Wildman–Crippen MR) is 105 cm³/mol. The van der Waals surface area contributed by atoms with Gasteiger partial charge in [0.25, 0.3) is 0 Å². The average Bonchev–Trinajstić information content (AvgIpc) is 2.72. The Morgan fingerprint density at radius 1 is 1.03 bits per heavy atom. The summed E-state index contributed by atoms with van der Waals surface area (Å²) in [4.78, 5) is 12.8. The van der Waals surface area contributed by atoms with E-state index < -0.39 is 29.8 Å². The second-order valence-corrected chi connectivity index (χ2v) is 7.04. The Hall–Kier alpha value is -3.11. The van der Waals surface area contributed by atoms with Gasteiger partial charge in [0.05, 0.1) is 19.3 Å². The van der Waals surface area contributed by atoms with Crippen LogP contribution in [0.25, 0.3) is 22.3 Å². The molecule has 0 radical (unpaired) electrons. The van der Waals surface area contributed by atoms with E-state index in [1.807, 2.05) is 0 Å². The molecule has 3 aromatic rings. The molecule has 1 aromatic heterocycles. The van der Waals surface area contributed by atoms with E-state index in [0.717, 1.165) is 0 Å². The molecule has 158 valence electrons. The van der Waals surface area contributed by atoms with Crippen LogP contribution in [0.3, 0.4) is 0 Å². The molecule has 0 aliphatic carbocycles. The topological polar surface area (TPSA) is 150 Å². The third-order valence-corrected chi connectivity index (χ3v) is 5.14. The number of aliphatic hydroxyl groups is 3. The summed E-state index contributed by atoms with van der Waals surface area (Å²) in [5.41, 5.74) is -0.0382. The van der Waals surface area contributed by atoms with Crippen molar-refractivity contribution in [1.29, 1.82) is 0 Å².